The number of urea groups is 1. The van der Waals surface area contributed by atoms with Crippen LogP contribution in [0.2, 0.25) is 0 Å². The molecule has 0 spiro atoms. The summed E-state index contributed by atoms with van der Waals surface area (Å²) < 4.78 is 37.5. The van der Waals surface area contributed by atoms with E-state index in [2.05, 4.69) is 15.6 Å². The minimum atomic E-state index is -3.87. The van der Waals surface area contributed by atoms with E-state index in [0.29, 0.717) is 49.4 Å². The maximum Gasteiger partial charge on any atom is 0.318 e. The van der Waals surface area contributed by atoms with Gasteiger partial charge in [-0.15, -0.1) is 0 Å². The number of hydrogen-bond donors (Lipinski definition) is 2. The Balaban J connectivity index is 1.38. The van der Waals surface area contributed by atoms with Crippen LogP contribution in [0, 0.1) is 0 Å². The molecular weight excluding hydrogens is 584 g/mol. The van der Waals surface area contributed by atoms with Gasteiger partial charge in [0.1, 0.15) is 11.6 Å². The lowest BCUT2D eigenvalue weighted by Gasteiger charge is -2.29. The number of fused-ring (bicyclic) bond motifs is 1. The molecular formula is C32H34N4O7S. The molecule has 2 atom stereocenters. The third kappa shape index (κ3) is 8.29. The van der Waals surface area contributed by atoms with Gasteiger partial charge in [-0.25, -0.2) is 18.2 Å². The van der Waals surface area contributed by atoms with Crippen molar-refractivity contribution in [3.8, 4) is 0 Å². The fourth-order valence-corrected chi connectivity index (χ4v) is 6.51. The Bertz CT molecular complexity index is 1650. The van der Waals surface area contributed by atoms with E-state index < -0.39 is 45.4 Å². The maximum atomic E-state index is 13.8. The van der Waals surface area contributed by atoms with Crippen LogP contribution >= 0.6 is 0 Å². The number of ether oxygens (including phenoxy) is 1. The molecule has 0 bridgehead atoms. The van der Waals surface area contributed by atoms with Crippen molar-refractivity contribution in [1.82, 2.24) is 20.5 Å². The number of ketones is 1. The maximum absolute atomic E-state index is 13.8. The molecule has 0 unspecified atom stereocenters. The van der Waals surface area contributed by atoms with E-state index in [-0.39, 0.29) is 18.1 Å². The first-order valence-corrected chi connectivity index (χ1v) is 16.2. The lowest BCUT2D eigenvalue weighted by molar-refractivity contribution is -0.123. The molecule has 230 valence electrons. The van der Waals surface area contributed by atoms with Crippen molar-refractivity contribution in [2.24, 2.45) is 0 Å². The fourth-order valence-electron chi connectivity index (χ4n) is 4.95. The number of oxazole rings is 1. The molecule has 1 aliphatic rings. The molecule has 4 aromatic rings. The minimum absolute atomic E-state index is 0.171. The van der Waals surface area contributed by atoms with E-state index in [0.717, 1.165) is 5.56 Å². The zero-order valence-corrected chi connectivity index (χ0v) is 24.9. The van der Waals surface area contributed by atoms with Crippen molar-refractivity contribution in [1.29, 1.82) is 0 Å². The monoisotopic (exact) mass is 618 g/mol. The number of carbonyl (C=O) groups excluding carboxylic acids is 3. The van der Waals surface area contributed by atoms with Crippen molar-refractivity contribution in [3.05, 3.63) is 102 Å². The van der Waals surface area contributed by atoms with Crippen molar-refractivity contribution >= 4 is 38.7 Å². The third-order valence-electron chi connectivity index (χ3n) is 7.26. The van der Waals surface area contributed by atoms with Crippen LogP contribution in [-0.4, -0.2) is 80.2 Å². The number of carbonyl (C=O) groups is 3. The smallest absolute Gasteiger partial charge is 0.318 e. The molecule has 0 aliphatic carbocycles. The predicted molar refractivity (Wildman–Crippen MR) is 164 cm³/mol. The second kappa shape index (κ2) is 14.3. The molecule has 2 N–H and O–H groups in total. The topological polar surface area (TPSA) is 148 Å². The molecule has 11 nitrogen and oxygen atoms in total. The quantitative estimate of drug-likeness (QED) is 0.230. The van der Waals surface area contributed by atoms with E-state index in [1.54, 1.807) is 54.6 Å². The van der Waals surface area contributed by atoms with Crippen molar-refractivity contribution < 1.29 is 32.0 Å². The van der Waals surface area contributed by atoms with Gasteiger partial charge in [-0.05, 0) is 36.1 Å². The zero-order chi connectivity index (χ0) is 30.9. The van der Waals surface area contributed by atoms with Gasteiger partial charge in [0, 0.05) is 13.1 Å². The van der Waals surface area contributed by atoms with Crippen molar-refractivity contribution in [3.63, 3.8) is 0 Å². The number of Topliss-reactive ketones (excluding diaryl/α,β-unsaturated/α-hetero) is 1. The number of nitrogens with zero attached hydrogens (tertiary/aromatic N) is 2. The molecule has 0 saturated carbocycles. The van der Waals surface area contributed by atoms with Gasteiger partial charge in [-0.1, -0.05) is 72.8 Å². The summed E-state index contributed by atoms with van der Waals surface area (Å²) in [5.41, 5.74) is 2.41. The average Bonchev–Trinajstić information content (AvgIpc) is 3.48. The Morgan fingerprint density at radius 3 is 2.14 bits per heavy atom. The van der Waals surface area contributed by atoms with Gasteiger partial charge in [-0.3, -0.25) is 9.59 Å². The number of hydrogen-bond acceptors (Lipinski definition) is 8. The number of benzene rings is 3. The Morgan fingerprint density at radius 2 is 1.45 bits per heavy atom. The summed E-state index contributed by atoms with van der Waals surface area (Å²) in [6.07, 6.45) is 0.628. The molecule has 1 saturated heterocycles. The summed E-state index contributed by atoms with van der Waals surface area (Å²) in [7, 11) is -3.87. The van der Waals surface area contributed by atoms with Crippen LogP contribution < -0.4 is 10.6 Å². The van der Waals surface area contributed by atoms with Gasteiger partial charge in [0.2, 0.25) is 11.7 Å². The van der Waals surface area contributed by atoms with Crippen LogP contribution in [-0.2, 0) is 31.5 Å². The van der Waals surface area contributed by atoms with E-state index in [1.165, 1.54) is 4.90 Å². The van der Waals surface area contributed by atoms with Crippen LogP contribution in [0.4, 0.5) is 4.79 Å². The van der Waals surface area contributed by atoms with Crippen LogP contribution in [0.5, 0.6) is 0 Å². The van der Waals surface area contributed by atoms with Crippen LogP contribution in [0.25, 0.3) is 11.1 Å². The molecule has 12 heteroatoms. The standard InChI is InChI=1S/C32H34N4O7S/c37-29(31-34-25-13-7-8-14-28(25)43-31)26(16-15-23-9-3-1-4-10-23)33-30(38)27(35-32(39)36-17-19-42-20-18-36)22-44(40,41)21-24-11-5-2-6-12-24/h1-14,26-27H,15-22H2,(H,33,38)(H,35,39)/t26-,27-/m0/s1. The molecule has 1 aliphatic heterocycles. The van der Waals surface area contributed by atoms with Crippen LogP contribution in [0.15, 0.2) is 89.3 Å². The van der Waals surface area contributed by atoms with Gasteiger partial charge < -0.3 is 24.7 Å². The molecule has 2 heterocycles. The lowest BCUT2D eigenvalue weighted by atomic mass is 10.0. The molecule has 3 aromatic carbocycles. The lowest BCUT2D eigenvalue weighted by Crippen LogP contribution is -2.57. The zero-order valence-electron chi connectivity index (χ0n) is 24.1. The number of sulfone groups is 1. The number of morpholine rings is 1. The Hall–Kier alpha value is -4.55. The van der Waals surface area contributed by atoms with E-state index in [1.807, 2.05) is 30.3 Å². The SMILES string of the molecule is O=C(N[C@@H](CCc1ccccc1)C(=O)c1nc2ccccc2o1)[C@H](CS(=O)(=O)Cc1ccccc1)NC(=O)N1CCOCC1. The second-order valence-electron chi connectivity index (χ2n) is 10.6. The van der Waals surface area contributed by atoms with E-state index in [4.69, 9.17) is 9.15 Å². The highest BCUT2D eigenvalue weighted by Gasteiger charge is 2.33. The first-order chi connectivity index (χ1) is 21.3. The first kappa shape index (κ1) is 30.9. The molecule has 1 aromatic heterocycles. The number of aromatic nitrogens is 1. The summed E-state index contributed by atoms with van der Waals surface area (Å²) in [6.45, 7) is 1.26. The molecule has 0 radical (unpaired) electrons. The third-order valence-corrected chi connectivity index (χ3v) is 8.88. The Morgan fingerprint density at radius 1 is 0.818 bits per heavy atom. The normalized spacial score (nSPS) is 15.0. The number of aryl methyl sites for hydroxylation is 1. The number of amides is 3. The van der Waals surface area contributed by atoms with Crippen LogP contribution in [0.3, 0.4) is 0 Å². The van der Waals surface area contributed by atoms with Gasteiger partial charge >= 0.3 is 6.03 Å². The summed E-state index contributed by atoms with van der Waals surface area (Å²) in [5.74, 6) is -2.51. The largest absolute Gasteiger partial charge is 0.434 e. The minimum Gasteiger partial charge on any atom is -0.434 e. The summed E-state index contributed by atoms with van der Waals surface area (Å²) >= 11 is 0. The summed E-state index contributed by atoms with van der Waals surface area (Å²) in [4.78, 5) is 46.3. The molecule has 3 amide bonds. The Labute approximate surface area is 255 Å². The summed E-state index contributed by atoms with van der Waals surface area (Å²) in [5, 5.41) is 5.31. The number of para-hydroxylation sites is 2. The highest BCUT2D eigenvalue weighted by atomic mass is 32.2. The fraction of sp³-hybridized carbons (Fsp3) is 0.312. The second-order valence-corrected chi connectivity index (χ2v) is 12.7. The predicted octanol–water partition coefficient (Wildman–Crippen LogP) is 3.15. The molecule has 5 rings (SSSR count). The highest BCUT2D eigenvalue weighted by Crippen LogP contribution is 2.18. The molecule has 44 heavy (non-hydrogen) atoms. The van der Waals surface area contributed by atoms with Gasteiger partial charge in [0.15, 0.2) is 15.4 Å². The van der Waals surface area contributed by atoms with E-state index >= 15 is 0 Å². The van der Waals surface area contributed by atoms with Gasteiger partial charge in [0.05, 0.1) is 30.8 Å². The highest BCUT2D eigenvalue weighted by molar-refractivity contribution is 7.90. The Kier molecular flexibility index (Phi) is 10.0. The average molecular weight is 619 g/mol. The number of rotatable bonds is 12. The first-order valence-electron chi connectivity index (χ1n) is 14.4. The van der Waals surface area contributed by atoms with Gasteiger partial charge in [0.25, 0.3) is 5.89 Å². The van der Waals surface area contributed by atoms with E-state index in [9.17, 15) is 22.8 Å². The number of nitrogens with one attached hydrogen (secondary N) is 2. The van der Waals surface area contributed by atoms with Crippen molar-refractivity contribution in [2.45, 2.75) is 30.7 Å². The summed E-state index contributed by atoms with van der Waals surface area (Å²) in [6, 6.07) is 21.8. The van der Waals surface area contributed by atoms with Crippen LogP contribution in [0.1, 0.15) is 28.2 Å². The molecule has 1 fully saturated rings. The van der Waals surface area contributed by atoms with Crippen molar-refractivity contribution in [2.75, 3.05) is 32.1 Å². The van der Waals surface area contributed by atoms with Gasteiger partial charge in [-0.2, -0.15) is 0 Å².